The summed E-state index contributed by atoms with van der Waals surface area (Å²) in [4.78, 5) is 11.0. The topological polar surface area (TPSA) is 58.6 Å². The Morgan fingerprint density at radius 2 is 2.21 bits per heavy atom. The highest BCUT2D eigenvalue weighted by Gasteiger charge is 2.52. The first-order chi connectivity index (χ1) is 6.74. The van der Waals surface area contributed by atoms with Crippen LogP contribution in [-0.4, -0.2) is 35.9 Å². The number of carbonyl (C=O) groups is 1. The zero-order valence-corrected chi connectivity index (χ0v) is 8.40. The molecule has 4 nitrogen and oxygen atoms in total. The maximum Gasteiger partial charge on any atom is 0.310 e. The first kappa shape index (κ1) is 9.93. The van der Waals surface area contributed by atoms with E-state index in [9.17, 15) is 4.79 Å². The molecule has 0 aromatic carbocycles. The van der Waals surface area contributed by atoms with Crippen LogP contribution in [0.2, 0.25) is 0 Å². The molecule has 80 valence electrons. The summed E-state index contributed by atoms with van der Waals surface area (Å²) in [6.07, 6.45) is 3.03. The molecule has 2 heterocycles. The molecule has 0 radical (unpaired) electrons. The number of aliphatic carboxylic acids is 1. The Bertz CT molecular complexity index is 231. The summed E-state index contributed by atoms with van der Waals surface area (Å²) in [6, 6.07) is 0.0335. The van der Waals surface area contributed by atoms with Gasteiger partial charge in [0.05, 0.1) is 12.2 Å². The molecule has 2 rings (SSSR count). The summed E-state index contributed by atoms with van der Waals surface area (Å²) >= 11 is 0. The van der Waals surface area contributed by atoms with Crippen molar-refractivity contribution < 1.29 is 14.6 Å². The Hall–Kier alpha value is -0.610. The van der Waals surface area contributed by atoms with Gasteiger partial charge in [-0.25, -0.2) is 0 Å². The van der Waals surface area contributed by atoms with Gasteiger partial charge in [0.1, 0.15) is 5.92 Å². The third-order valence-corrected chi connectivity index (χ3v) is 3.19. The zero-order chi connectivity index (χ0) is 10.1. The number of hydrogen-bond acceptors (Lipinski definition) is 3. The minimum Gasteiger partial charge on any atom is -0.481 e. The number of nitrogens with one attached hydrogen (secondary N) is 1. The fourth-order valence-corrected chi connectivity index (χ4v) is 2.56. The molecule has 0 saturated carbocycles. The first-order valence-electron chi connectivity index (χ1n) is 5.35. The second-order valence-corrected chi connectivity index (χ2v) is 4.13. The van der Waals surface area contributed by atoms with E-state index in [4.69, 9.17) is 9.84 Å². The molecule has 0 unspecified atom stereocenters. The van der Waals surface area contributed by atoms with Gasteiger partial charge in [0.15, 0.2) is 0 Å². The summed E-state index contributed by atoms with van der Waals surface area (Å²) in [5.41, 5.74) is 0. The van der Waals surface area contributed by atoms with Gasteiger partial charge in [0.25, 0.3) is 0 Å². The molecule has 0 aromatic rings. The van der Waals surface area contributed by atoms with Crippen LogP contribution in [0.3, 0.4) is 0 Å². The van der Waals surface area contributed by atoms with Gasteiger partial charge in [0.2, 0.25) is 0 Å². The van der Waals surface area contributed by atoms with E-state index in [1.165, 1.54) is 0 Å². The van der Waals surface area contributed by atoms with E-state index < -0.39 is 5.97 Å². The van der Waals surface area contributed by atoms with Crippen molar-refractivity contribution in [3.8, 4) is 0 Å². The standard InChI is InChI=1S/C10H17NO3/c1-2-5-11-9-7-4-3-6(14-7)8(9)10(12)13/h6-9,11H,2-5H2,1H3,(H,12,13)/t6-,7+,8-,9+/m0/s1. The molecular weight excluding hydrogens is 182 g/mol. The van der Waals surface area contributed by atoms with Crippen LogP contribution in [-0.2, 0) is 9.53 Å². The van der Waals surface area contributed by atoms with E-state index in [-0.39, 0.29) is 24.2 Å². The quantitative estimate of drug-likeness (QED) is 0.696. The largest absolute Gasteiger partial charge is 0.481 e. The van der Waals surface area contributed by atoms with Gasteiger partial charge in [-0.05, 0) is 25.8 Å². The third kappa shape index (κ3) is 1.53. The third-order valence-electron chi connectivity index (χ3n) is 3.19. The molecule has 2 bridgehead atoms. The molecule has 0 aliphatic carbocycles. The molecule has 2 aliphatic rings. The van der Waals surface area contributed by atoms with E-state index in [1.54, 1.807) is 0 Å². The van der Waals surface area contributed by atoms with Gasteiger partial charge in [0, 0.05) is 6.04 Å². The molecule has 2 fully saturated rings. The van der Waals surface area contributed by atoms with E-state index in [2.05, 4.69) is 12.2 Å². The number of carboxylic acid groups (broad SMARTS) is 1. The average molecular weight is 199 g/mol. The maximum absolute atomic E-state index is 11.0. The van der Waals surface area contributed by atoms with Crippen molar-refractivity contribution in [2.75, 3.05) is 6.54 Å². The second-order valence-electron chi connectivity index (χ2n) is 4.13. The average Bonchev–Trinajstić information content (AvgIpc) is 2.72. The van der Waals surface area contributed by atoms with Crippen LogP contribution >= 0.6 is 0 Å². The van der Waals surface area contributed by atoms with Crippen LogP contribution < -0.4 is 5.32 Å². The van der Waals surface area contributed by atoms with Crippen LogP contribution in [0.5, 0.6) is 0 Å². The van der Waals surface area contributed by atoms with Gasteiger partial charge in [-0.3, -0.25) is 4.79 Å². The van der Waals surface area contributed by atoms with Gasteiger partial charge in [-0.1, -0.05) is 6.92 Å². The predicted octanol–water partition coefficient (Wildman–Crippen LogP) is 0.617. The van der Waals surface area contributed by atoms with Gasteiger partial charge in [-0.15, -0.1) is 0 Å². The van der Waals surface area contributed by atoms with Crippen LogP contribution in [0.15, 0.2) is 0 Å². The molecule has 0 amide bonds. The Labute approximate surface area is 83.6 Å². The van der Waals surface area contributed by atoms with Crippen molar-refractivity contribution in [3.63, 3.8) is 0 Å². The van der Waals surface area contributed by atoms with E-state index in [0.717, 1.165) is 25.8 Å². The lowest BCUT2D eigenvalue weighted by Gasteiger charge is -2.25. The summed E-state index contributed by atoms with van der Waals surface area (Å²) in [7, 11) is 0. The molecule has 2 saturated heterocycles. The number of ether oxygens (including phenoxy) is 1. The summed E-state index contributed by atoms with van der Waals surface area (Å²) < 4.78 is 5.61. The van der Waals surface area contributed by atoms with Crippen molar-refractivity contribution >= 4 is 5.97 Å². The summed E-state index contributed by atoms with van der Waals surface area (Å²) in [5, 5.41) is 12.4. The van der Waals surface area contributed by atoms with Gasteiger partial charge < -0.3 is 15.2 Å². The molecule has 2 N–H and O–H groups in total. The zero-order valence-electron chi connectivity index (χ0n) is 8.40. The molecule has 4 atom stereocenters. The van der Waals surface area contributed by atoms with E-state index in [0.29, 0.717) is 0 Å². The monoisotopic (exact) mass is 199 g/mol. The molecule has 4 heteroatoms. The van der Waals surface area contributed by atoms with E-state index >= 15 is 0 Å². The lowest BCUT2D eigenvalue weighted by atomic mass is 9.84. The Morgan fingerprint density at radius 1 is 1.50 bits per heavy atom. The molecule has 0 spiro atoms. The lowest BCUT2D eigenvalue weighted by molar-refractivity contribution is -0.144. The molecule has 0 aromatic heterocycles. The van der Waals surface area contributed by atoms with Crippen molar-refractivity contribution in [2.45, 2.75) is 44.4 Å². The van der Waals surface area contributed by atoms with Crippen molar-refractivity contribution in [1.29, 1.82) is 0 Å². The highest BCUT2D eigenvalue weighted by atomic mass is 16.5. The van der Waals surface area contributed by atoms with Crippen molar-refractivity contribution in [3.05, 3.63) is 0 Å². The Morgan fingerprint density at radius 3 is 2.86 bits per heavy atom. The van der Waals surface area contributed by atoms with Crippen molar-refractivity contribution in [1.82, 2.24) is 5.32 Å². The Kier molecular flexibility index (Phi) is 2.74. The minimum absolute atomic E-state index is 0.0335. The predicted molar refractivity (Wildman–Crippen MR) is 51.1 cm³/mol. The minimum atomic E-state index is -0.717. The summed E-state index contributed by atoms with van der Waals surface area (Å²) in [6.45, 7) is 2.96. The van der Waals surface area contributed by atoms with Gasteiger partial charge >= 0.3 is 5.97 Å². The Balaban J connectivity index is 2.02. The van der Waals surface area contributed by atoms with E-state index in [1.807, 2.05) is 0 Å². The SMILES string of the molecule is CCCN[C@H]1[C@@H](C(=O)O)[C@@H]2CC[C@H]1O2. The fraction of sp³-hybridized carbons (Fsp3) is 0.900. The smallest absolute Gasteiger partial charge is 0.310 e. The highest BCUT2D eigenvalue weighted by molar-refractivity contribution is 5.72. The number of rotatable bonds is 4. The van der Waals surface area contributed by atoms with Crippen molar-refractivity contribution in [2.24, 2.45) is 5.92 Å². The van der Waals surface area contributed by atoms with Crippen LogP contribution in [0, 0.1) is 5.92 Å². The number of hydrogen-bond donors (Lipinski definition) is 2. The first-order valence-corrected chi connectivity index (χ1v) is 5.35. The van der Waals surface area contributed by atoms with Crippen LogP contribution in [0.4, 0.5) is 0 Å². The second kappa shape index (κ2) is 3.87. The summed E-state index contributed by atoms with van der Waals surface area (Å²) in [5.74, 6) is -1.05. The fourth-order valence-electron chi connectivity index (χ4n) is 2.56. The lowest BCUT2D eigenvalue weighted by Crippen LogP contribution is -2.47. The number of fused-ring (bicyclic) bond motifs is 2. The molecule has 2 aliphatic heterocycles. The van der Waals surface area contributed by atoms with Crippen LogP contribution in [0.1, 0.15) is 26.2 Å². The normalized spacial score (nSPS) is 40.4. The molecular formula is C10H17NO3. The molecule has 14 heavy (non-hydrogen) atoms. The maximum atomic E-state index is 11.0. The van der Waals surface area contributed by atoms with Crippen LogP contribution in [0.25, 0.3) is 0 Å². The highest BCUT2D eigenvalue weighted by Crippen LogP contribution is 2.39. The number of carboxylic acids is 1. The van der Waals surface area contributed by atoms with Gasteiger partial charge in [-0.2, -0.15) is 0 Å².